The van der Waals surface area contributed by atoms with Gasteiger partial charge in [0, 0.05) is 29.9 Å². The highest BCUT2D eigenvalue weighted by Crippen LogP contribution is 2.27. The van der Waals surface area contributed by atoms with Crippen LogP contribution in [0.3, 0.4) is 0 Å². The van der Waals surface area contributed by atoms with Crippen molar-refractivity contribution in [3.8, 4) is 6.01 Å². The van der Waals surface area contributed by atoms with Crippen LogP contribution in [0.2, 0.25) is 0 Å². The molecule has 1 amide bonds. The molecule has 0 saturated heterocycles. The number of anilines is 2. The van der Waals surface area contributed by atoms with Crippen LogP contribution in [0.25, 0.3) is 10.9 Å². The van der Waals surface area contributed by atoms with E-state index in [0.29, 0.717) is 40.2 Å². The van der Waals surface area contributed by atoms with Crippen molar-refractivity contribution in [3.05, 3.63) is 41.6 Å². The topological polar surface area (TPSA) is 128 Å². The zero-order valence-electron chi connectivity index (χ0n) is 16.3. The number of nitrogens with one attached hydrogen (secondary N) is 2. The molecule has 0 radical (unpaired) electrons. The van der Waals surface area contributed by atoms with Crippen molar-refractivity contribution < 1.29 is 9.53 Å². The van der Waals surface area contributed by atoms with Crippen molar-refractivity contribution in [2.75, 3.05) is 24.3 Å². The summed E-state index contributed by atoms with van der Waals surface area (Å²) in [5.41, 5.74) is 8.72. The van der Waals surface area contributed by atoms with Gasteiger partial charge in [0.25, 0.3) is 5.91 Å². The Bertz CT molecular complexity index is 1020. The largest absolute Gasteiger partial charge is 0.467 e. The summed E-state index contributed by atoms with van der Waals surface area (Å²) in [6, 6.07) is 3.67. The number of aromatic nitrogens is 4. The van der Waals surface area contributed by atoms with E-state index >= 15 is 0 Å². The highest BCUT2D eigenvalue weighted by molar-refractivity contribution is 6.13. The van der Waals surface area contributed by atoms with Crippen molar-refractivity contribution in [1.29, 1.82) is 0 Å². The van der Waals surface area contributed by atoms with Crippen molar-refractivity contribution in [2.24, 2.45) is 5.73 Å². The van der Waals surface area contributed by atoms with E-state index in [9.17, 15) is 4.79 Å². The van der Waals surface area contributed by atoms with Gasteiger partial charge in [0.2, 0.25) is 0 Å². The number of nitrogens with zero attached hydrogens (tertiary/aromatic N) is 4. The van der Waals surface area contributed by atoms with Crippen LogP contribution in [0.1, 0.15) is 28.8 Å². The van der Waals surface area contributed by atoms with Gasteiger partial charge < -0.3 is 21.1 Å². The number of carbonyl (C=O) groups is 1. The van der Waals surface area contributed by atoms with E-state index in [0.717, 1.165) is 5.69 Å². The first-order valence-electron chi connectivity index (χ1n) is 8.84. The minimum atomic E-state index is -0.319. The lowest BCUT2D eigenvalue weighted by Crippen LogP contribution is -2.25. The quantitative estimate of drug-likeness (QED) is 0.592. The smallest absolute Gasteiger partial charge is 0.316 e. The third-order valence-corrected chi connectivity index (χ3v) is 4.12. The first kappa shape index (κ1) is 19.4. The average Bonchev–Trinajstić information content (AvgIpc) is 2.67. The van der Waals surface area contributed by atoms with E-state index < -0.39 is 0 Å². The molecule has 9 heteroatoms. The summed E-state index contributed by atoms with van der Waals surface area (Å²) in [6.07, 6.45) is 3.22. The van der Waals surface area contributed by atoms with Crippen molar-refractivity contribution in [1.82, 2.24) is 19.9 Å². The van der Waals surface area contributed by atoms with Gasteiger partial charge in [0.15, 0.2) is 0 Å². The number of ether oxygens (including phenoxy) is 1. The molecule has 2 heterocycles. The summed E-state index contributed by atoms with van der Waals surface area (Å²) in [4.78, 5) is 29.9. The molecule has 4 N–H and O–H groups in total. The van der Waals surface area contributed by atoms with Crippen LogP contribution in [0.5, 0.6) is 6.01 Å². The summed E-state index contributed by atoms with van der Waals surface area (Å²) >= 11 is 0. The summed E-state index contributed by atoms with van der Waals surface area (Å²) < 4.78 is 5.13. The Kier molecular flexibility index (Phi) is 5.65. The van der Waals surface area contributed by atoms with E-state index in [2.05, 4.69) is 30.6 Å². The maximum atomic E-state index is 12.9. The Morgan fingerprint density at radius 1 is 1.18 bits per heavy atom. The molecule has 1 aromatic carbocycles. The second-order valence-electron chi connectivity index (χ2n) is 6.51. The molecule has 0 aliphatic rings. The normalized spacial score (nSPS) is 11.9. The molecule has 3 aromatic rings. The van der Waals surface area contributed by atoms with E-state index in [1.807, 2.05) is 19.9 Å². The first-order chi connectivity index (χ1) is 13.4. The molecule has 0 aliphatic heterocycles. The van der Waals surface area contributed by atoms with Crippen LogP contribution in [0.15, 0.2) is 24.5 Å². The second-order valence-corrected chi connectivity index (χ2v) is 6.51. The van der Waals surface area contributed by atoms with E-state index in [1.54, 1.807) is 25.4 Å². The van der Waals surface area contributed by atoms with Gasteiger partial charge >= 0.3 is 6.01 Å². The van der Waals surface area contributed by atoms with Gasteiger partial charge in [0.05, 0.1) is 35.8 Å². The minimum Gasteiger partial charge on any atom is -0.467 e. The fourth-order valence-corrected chi connectivity index (χ4v) is 2.71. The molecule has 28 heavy (non-hydrogen) atoms. The van der Waals surface area contributed by atoms with Gasteiger partial charge in [-0.25, -0.2) is 15.0 Å². The number of fused-ring (bicyclic) bond motifs is 1. The van der Waals surface area contributed by atoms with Gasteiger partial charge in [0.1, 0.15) is 5.82 Å². The molecule has 3 rings (SSSR count). The number of nitrogens with two attached hydrogens (primary N) is 1. The Hall–Kier alpha value is -3.33. The molecule has 0 unspecified atom stereocenters. The lowest BCUT2D eigenvalue weighted by molar-refractivity contribution is 0.102. The molecule has 9 nitrogen and oxygen atoms in total. The molecule has 0 saturated carbocycles. The first-order valence-corrected chi connectivity index (χ1v) is 8.84. The molecule has 1 atom stereocenters. The minimum absolute atomic E-state index is 0.0262. The van der Waals surface area contributed by atoms with Crippen LogP contribution in [-0.2, 0) is 0 Å². The zero-order valence-corrected chi connectivity index (χ0v) is 16.3. The Morgan fingerprint density at radius 2 is 1.96 bits per heavy atom. The van der Waals surface area contributed by atoms with Gasteiger partial charge in [-0.1, -0.05) is 0 Å². The number of amides is 1. The monoisotopic (exact) mass is 381 g/mol. The van der Waals surface area contributed by atoms with E-state index in [-0.39, 0.29) is 18.0 Å². The molecule has 0 bridgehead atoms. The van der Waals surface area contributed by atoms with Crippen LogP contribution < -0.4 is 21.1 Å². The number of benzene rings is 1. The van der Waals surface area contributed by atoms with E-state index in [1.165, 1.54) is 7.11 Å². The van der Waals surface area contributed by atoms with Gasteiger partial charge in [-0.15, -0.1) is 0 Å². The number of hydrogen-bond acceptors (Lipinski definition) is 8. The number of carbonyl (C=O) groups excluding carboxylic acids is 1. The number of rotatable bonds is 6. The maximum absolute atomic E-state index is 12.9. The molecule has 0 spiro atoms. The second kappa shape index (κ2) is 8.13. The van der Waals surface area contributed by atoms with Crippen LogP contribution in [0, 0.1) is 13.8 Å². The van der Waals surface area contributed by atoms with Crippen molar-refractivity contribution >= 4 is 28.2 Å². The van der Waals surface area contributed by atoms with Gasteiger partial charge in [-0.3, -0.25) is 4.79 Å². The zero-order chi connectivity index (χ0) is 20.3. The number of hydrogen-bond donors (Lipinski definition) is 3. The third kappa shape index (κ3) is 4.15. The molecule has 2 aromatic heterocycles. The predicted molar refractivity (Wildman–Crippen MR) is 108 cm³/mol. The van der Waals surface area contributed by atoms with Gasteiger partial charge in [-0.05, 0) is 32.9 Å². The molecule has 0 fully saturated rings. The third-order valence-electron chi connectivity index (χ3n) is 4.12. The lowest BCUT2D eigenvalue weighted by Gasteiger charge is -2.14. The van der Waals surface area contributed by atoms with Crippen LogP contribution in [0.4, 0.5) is 11.4 Å². The Labute approximate surface area is 162 Å². The predicted octanol–water partition coefficient (Wildman–Crippen LogP) is 2.06. The highest BCUT2D eigenvalue weighted by atomic mass is 16.5. The van der Waals surface area contributed by atoms with Crippen molar-refractivity contribution in [2.45, 2.75) is 26.8 Å². The summed E-state index contributed by atoms with van der Waals surface area (Å²) in [5, 5.41) is 6.81. The van der Waals surface area contributed by atoms with Crippen LogP contribution in [-0.4, -0.2) is 45.5 Å². The SMILES string of the molecule is COc1ncc2c(NC[C@@H](C)N)ccc(C(=O)Nc3cnc(C)nc3C)c2n1. The summed E-state index contributed by atoms with van der Waals surface area (Å²) in [7, 11) is 1.48. The number of methoxy groups -OCH3 is 1. The maximum Gasteiger partial charge on any atom is 0.316 e. The summed E-state index contributed by atoms with van der Waals surface area (Å²) in [6.45, 7) is 6.09. The molecular weight excluding hydrogens is 358 g/mol. The fourth-order valence-electron chi connectivity index (χ4n) is 2.71. The van der Waals surface area contributed by atoms with Crippen LogP contribution >= 0.6 is 0 Å². The standard InChI is InChI=1S/C19H23N7O2/c1-10(20)7-22-15-6-5-13(17-14(15)8-23-19(26-17)28-4)18(27)25-16-9-21-12(3)24-11(16)2/h5-6,8-10,22H,7,20H2,1-4H3,(H,25,27)/t10-/m1/s1. The van der Waals surface area contributed by atoms with E-state index in [4.69, 9.17) is 10.5 Å². The summed E-state index contributed by atoms with van der Waals surface area (Å²) in [5.74, 6) is 0.322. The highest BCUT2D eigenvalue weighted by Gasteiger charge is 2.17. The lowest BCUT2D eigenvalue weighted by atomic mass is 10.1. The molecule has 0 aliphatic carbocycles. The Balaban J connectivity index is 2.01. The number of aryl methyl sites for hydroxylation is 2. The average molecular weight is 381 g/mol. The Morgan fingerprint density at radius 3 is 2.64 bits per heavy atom. The molecular formula is C19H23N7O2. The fraction of sp³-hybridized carbons (Fsp3) is 0.316. The van der Waals surface area contributed by atoms with Gasteiger partial charge in [-0.2, -0.15) is 4.98 Å². The van der Waals surface area contributed by atoms with Crippen molar-refractivity contribution in [3.63, 3.8) is 0 Å². The molecule has 146 valence electrons.